The third-order valence-corrected chi connectivity index (χ3v) is 3.38. The van der Waals surface area contributed by atoms with E-state index in [0.29, 0.717) is 5.56 Å². The van der Waals surface area contributed by atoms with E-state index in [-0.39, 0.29) is 5.91 Å². The molecule has 0 aliphatic rings. The summed E-state index contributed by atoms with van der Waals surface area (Å²) in [5, 5.41) is 2.90. The van der Waals surface area contributed by atoms with Crippen LogP contribution >= 0.6 is 0 Å². The number of hydrogen-bond acceptors (Lipinski definition) is 2. The number of amides is 1. The molecule has 0 aliphatic carbocycles. The molecular formula is C18H16N2O2. The number of carbonyl (C=O) groups is 1. The van der Waals surface area contributed by atoms with E-state index in [1.807, 2.05) is 54.7 Å². The van der Waals surface area contributed by atoms with Crippen molar-refractivity contribution < 1.29 is 9.53 Å². The van der Waals surface area contributed by atoms with Crippen molar-refractivity contribution in [2.45, 2.75) is 0 Å². The van der Waals surface area contributed by atoms with Crippen LogP contribution in [0.1, 0.15) is 10.4 Å². The minimum absolute atomic E-state index is 0.136. The first-order valence-corrected chi connectivity index (χ1v) is 6.96. The van der Waals surface area contributed by atoms with Crippen molar-refractivity contribution in [3.63, 3.8) is 0 Å². The number of methoxy groups -OCH3 is 1. The van der Waals surface area contributed by atoms with E-state index in [2.05, 4.69) is 10.3 Å². The second kappa shape index (κ2) is 6.18. The van der Waals surface area contributed by atoms with E-state index >= 15 is 0 Å². The molecule has 3 rings (SSSR count). The Bertz CT molecular complexity index is 765. The van der Waals surface area contributed by atoms with Gasteiger partial charge in [0.15, 0.2) is 0 Å². The van der Waals surface area contributed by atoms with E-state index in [1.165, 1.54) is 0 Å². The van der Waals surface area contributed by atoms with Gasteiger partial charge in [-0.1, -0.05) is 18.2 Å². The van der Waals surface area contributed by atoms with Gasteiger partial charge in [-0.05, 0) is 42.5 Å². The number of rotatable bonds is 4. The van der Waals surface area contributed by atoms with Crippen molar-refractivity contribution in [1.82, 2.24) is 4.98 Å². The molecule has 0 spiro atoms. The minimum atomic E-state index is -0.136. The molecule has 0 saturated carbocycles. The summed E-state index contributed by atoms with van der Waals surface area (Å²) in [7, 11) is 1.63. The van der Waals surface area contributed by atoms with Crippen molar-refractivity contribution in [2.24, 2.45) is 0 Å². The molecule has 0 fully saturated rings. The highest BCUT2D eigenvalue weighted by Gasteiger charge is 2.10. The van der Waals surface area contributed by atoms with Crippen LogP contribution in [-0.4, -0.2) is 18.0 Å². The van der Waals surface area contributed by atoms with Gasteiger partial charge in [-0.2, -0.15) is 0 Å². The lowest BCUT2D eigenvalue weighted by Crippen LogP contribution is -2.11. The SMILES string of the molecule is COc1ccc(NC(=O)c2ccccc2)cc1-c1ccc[nH]1. The van der Waals surface area contributed by atoms with E-state index in [9.17, 15) is 4.79 Å². The van der Waals surface area contributed by atoms with Crippen LogP contribution in [-0.2, 0) is 0 Å². The summed E-state index contributed by atoms with van der Waals surface area (Å²) >= 11 is 0. The van der Waals surface area contributed by atoms with Gasteiger partial charge in [-0.3, -0.25) is 4.79 Å². The van der Waals surface area contributed by atoms with Gasteiger partial charge in [0.2, 0.25) is 0 Å². The highest BCUT2D eigenvalue weighted by molar-refractivity contribution is 6.04. The first kappa shape index (κ1) is 13.9. The van der Waals surface area contributed by atoms with E-state index in [0.717, 1.165) is 22.7 Å². The van der Waals surface area contributed by atoms with Gasteiger partial charge in [0, 0.05) is 28.7 Å². The maximum atomic E-state index is 12.2. The Hall–Kier alpha value is -3.01. The lowest BCUT2D eigenvalue weighted by atomic mass is 10.1. The molecule has 2 aromatic carbocycles. The second-order valence-corrected chi connectivity index (χ2v) is 4.82. The number of ether oxygens (including phenoxy) is 1. The predicted octanol–water partition coefficient (Wildman–Crippen LogP) is 3.94. The standard InChI is InChI=1S/C18H16N2O2/c1-22-17-10-9-14(12-15(17)16-8-5-11-19-16)20-18(21)13-6-3-2-4-7-13/h2-12,19H,1H3,(H,20,21). The molecule has 0 saturated heterocycles. The van der Waals surface area contributed by atoms with Gasteiger partial charge >= 0.3 is 0 Å². The summed E-state index contributed by atoms with van der Waals surface area (Å²) in [6.07, 6.45) is 1.85. The lowest BCUT2D eigenvalue weighted by molar-refractivity contribution is 0.102. The Balaban J connectivity index is 1.89. The van der Waals surface area contributed by atoms with Crippen molar-refractivity contribution in [1.29, 1.82) is 0 Å². The molecule has 4 nitrogen and oxygen atoms in total. The zero-order valence-electron chi connectivity index (χ0n) is 12.2. The van der Waals surface area contributed by atoms with Crippen molar-refractivity contribution in [2.75, 3.05) is 12.4 Å². The molecule has 1 aromatic heterocycles. The summed E-state index contributed by atoms with van der Waals surface area (Å²) in [5.74, 6) is 0.614. The molecule has 3 aromatic rings. The predicted molar refractivity (Wildman–Crippen MR) is 87.2 cm³/mol. The fraction of sp³-hybridized carbons (Fsp3) is 0.0556. The first-order valence-electron chi connectivity index (χ1n) is 6.96. The van der Waals surface area contributed by atoms with Crippen LogP contribution in [0.3, 0.4) is 0 Å². The van der Waals surface area contributed by atoms with Crippen molar-refractivity contribution >= 4 is 11.6 Å². The molecule has 0 bridgehead atoms. The van der Waals surface area contributed by atoms with Crippen LogP contribution in [0.15, 0.2) is 66.9 Å². The number of aromatic nitrogens is 1. The Morgan fingerprint density at radius 2 is 1.86 bits per heavy atom. The number of nitrogens with one attached hydrogen (secondary N) is 2. The van der Waals surface area contributed by atoms with Gasteiger partial charge in [0.25, 0.3) is 5.91 Å². The fourth-order valence-electron chi connectivity index (χ4n) is 2.29. The molecule has 0 unspecified atom stereocenters. The number of aromatic amines is 1. The zero-order chi connectivity index (χ0) is 15.4. The molecule has 0 radical (unpaired) electrons. The fourth-order valence-corrected chi connectivity index (χ4v) is 2.29. The van der Waals surface area contributed by atoms with Gasteiger partial charge in [0.1, 0.15) is 5.75 Å². The van der Waals surface area contributed by atoms with Crippen LogP contribution in [0, 0.1) is 0 Å². The van der Waals surface area contributed by atoms with E-state index in [4.69, 9.17) is 4.74 Å². The van der Waals surface area contributed by atoms with Crippen molar-refractivity contribution in [3.8, 4) is 17.0 Å². The Kier molecular flexibility index (Phi) is 3.92. The Morgan fingerprint density at radius 1 is 1.05 bits per heavy atom. The number of anilines is 1. The van der Waals surface area contributed by atoms with Crippen LogP contribution < -0.4 is 10.1 Å². The molecule has 2 N–H and O–H groups in total. The monoisotopic (exact) mass is 292 g/mol. The summed E-state index contributed by atoms with van der Waals surface area (Å²) < 4.78 is 5.38. The molecule has 4 heteroatoms. The second-order valence-electron chi connectivity index (χ2n) is 4.82. The number of H-pyrrole nitrogens is 1. The maximum Gasteiger partial charge on any atom is 0.255 e. The molecule has 110 valence electrons. The van der Waals surface area contributed by atoms with E-state index in [1.54, 1.807) is 19.2 Å². The van der Waals surface area contributed by atoms with Crippen LogP contribution in [0.5, 0.6) is 5.75 Å². The summed E-state index contributed by atoms with van der Waals surface area (Å²) in [5.41, 5.74) is 3.19. The van der Waals surface area contributed by atoms with Gasteiger partial charge in [-0.15, -0.1) is 0 Å². The lowest BCUT2D eigenvalue weighted by Gasteiger charge is -2.11. The Labute approximate surface area is 128 Å². The molecule has 1 amide bonds. The van der Waals surface area contributed by atoms with Crippen LogP contribution in [0.4, 0.5) is 5.69 Å². The van der Waals surface area contributed by atoms with Gasteiger partial charge < -0.3 is 15.0 Å². The smallest absolute Gasteiger partial charge is 0.255 e. The van der Waals surface area contributed by atoms with Gasteiger partial charge in [-0.25, -0.2) is 0 Å². The van der Waals surface area contributed by atoms with Crippen LogP contribution in [0.2, 0.25) is 0 Å². The molecular weight excluding hydrogens is 276 g/mol. The average molecular weight is 292 g/mol. The number of benzene rings is 2. The highest BCUT2D eigenvalue weighted by atomic mass is 16.5. The van der Waals surface area contributed by atoms with Crippen LogP contribution in [0.25, 0.3) is 11.3 Å². The third-order valence-electron chi connectivity index (χ3n) is 3.38. The number of carbonyl (C=O) groups excluding carboxylic acids is 1. The maximum absolute atomic E-state index is 12.2. The minimum Gasteiger partial charge on any atom is -0.496 e. The quantitative estimate of drug-likeness (QED) is 0.765. The third kappa shape index (κ3) is 2.86. The molecule has 1 heterocycles. The molecule has 22 heavy (non-hydrogen) atoms. The summed E-state index contributed by atoms with van der Waals surface area (Å²) in [6.45, 7) is 0. The average Bonchev–Trinajstić information content (AvgIpc) is 3.10. The largest absolute Gasteiger partial charge is 0.496 e. The van der Waals surface area contributed by atoms with Crippen molar-refractivity contribution in [3.05, 3.63) is 72.4 Å². The number of hydrogen-bond donors (Lipinski definition) is 2. The molecule has 0 aliphatic heterocycles. The summed E-state index contributed by atoms with van der Waals surface area (Å²) in [4.78, 5) is 15.4. The first-order chi connectivity index (χ1) is 10.8. The normalized spacial score (nSPS) is 10.2. The zero-order valence-corrected chi connectivity index (χ0v) is 12.2. The topological polar surface area (TPSA) is 54.1 Å². The highest BCUT2D eigenvalue weighted by Crippen LogP contribution is 2.31. The van der Waals surface area contributed by atoms with Gasteiger partial charge in [0.05, 0.1) is 7.11 Å². The molecule has 0 atom stereocenters. The Morgan fingerprint density at radius 3 is 2.55 bits per heavy atom. The summed E-state index contributed by atoms with van der Waals surface area (Å²) in [6, 6.07) is 18.6. The van der Waals surface area contributed by atoms with E-state index < -0.39 is 0 Å².